The highest BCUT2D eigenvalue weighted by Gasteiger charge is 1.83. The van der Waals surface area contributed by atoms with Gasteiger partial charge >= 0.3 is 0 Å². The van der Waals surface area contributed by atoms with Gasteiger partial charge in [-0.3, -0.25) is 0 Å². The van der Waals surface area contributed by atoms with Crippen LogP contribution >= 0.6 is 0 Å². The molecule has 0 heteroatoms. The van der Waals surface area contributed by atoms with E-state index in [1.807, 2.05) is 0 Å². The molecule has 0 spiro atoms. The summed E-state index contributed by atoms with van der Waals surface area (Å²) < 4.78 is 0. The number of allylic oxidation sites excluding steroid dienone is 4. The highest BCUT2D eigenvalue weighted by atomic mass is 13.9. The van der Waals surface area contributed by atoms with Crippen molar-refractivity contribution < 1.29 is 0 Å². The number of hydrogen-bond donors (Lipinski definition) is 0. The van der Waals surface area contributed by atoms with Gasteiger partial charge in [0.15, 0.2) is 0 Å². The van der Waals surface area contributed by atoms with Crippen molar-refractivity contribution in [2.45, 2.75) is 59.3 Å². The summed E-state index contributed by atoms with van der Waals surface area (Å²) in [5.74, 6) is 0. The first-order valence-corrected chi connectivity index (χ1v) is 5.55. The molecule has 0 saturated heterocycles. The van der Waals surface area contributed by atoms with Crippen molar-refractivity contribution in [1.82, 2.24) is 0 Å². The van der Waals surface area contributed by atoms with Crippen molar-refractivity contribution in [2.75, 3.05) is 0 Å². The van der Waals surface area contributed by atoms with Gasteiger partial charge in [-0.2, -0.15) is 0 Å². The van der Waals surface area contributed by atoms with E-state index in [4.69, 9.17) is 0 Å². The van der Waals surface area contributed by atoms with Crippen LogP contribution in [0.1, 0.15) is 59.3 Å². The molecule has 0 N–H and O–H groups in total. The molecule has 0 amide bonds. The second-order valence-electron chi connectivity index (χ2n) is 3.84. The quantitative estimate of drug-likeness (QED) is 0.387. The van der Waals surface area contributed by atoms with Gasteiger partial charge in [-0.1, -0.05) is 50.0 Å². The Bertz CT molecular complexity index is 147. The van der Waals surface area contributed by atoms with Crippen LogP contribution in [0.15, 0.2) is 23.8 Å². The van der Waals surface area contributed by atoms with Crippen LogP contribution in [0, 0.1) is 0 Å². The molecule has 0 aliphatic rings. The van der Waals surface area contributed by atoms with Gasteiger partial charge in [-0.05, 0) is 33.1 Å². The zero-order valence-electron chi connectivity index (χ0n) is 9.47. The lowest BCUT2D eigenvalue weighted by Gasteiger charge is -1.93. The van der Waals surface area contributed by atoms with Gasteiger partial charge in [0.2, 0.25) is 0 Å². The summed E-state index contributed by atoms with van der Waals surface area (Å²) in [5, 5.41) is 0. The first kappa shape index (κ1) is 12.5. The fourth-order valence-corrected chi connectivity index (χ4v) is 1.21. The van der Waals surface area contributed by atoms with Crippen LogP contribution in [-0.4, -0.2) is 0 Å². The zero-order valence-corrected chi connectivity index (χ0v) is 9.47. The van der Waals surface area contributed by atoms with E-state index in [0.29, 0.717) is 0 Å². The van der Waals surface area contributed by atoms with Gasteiger partial charge in [-0.25, -0.2) is 0 Å². The third-order valence-corrected chi connectivity index (χ3v) is 2.05. The zero-order chi connectivity index (χ0) is 9.94. The molecule has 0 aliphatic heterocycles. The van der Waals surface area contributed by atoms with Gasteiger partial charge in [0.1, 0.15) is 0 Å². The summed E-state index contributed by atoms with van der Waals surface area (Å²) in [6.45, 7) is 6.55. The van der Waals surface area contributed by atoms with Crippen LogP contribution in [-0.2, 0) is 0 Å². The lowest BCUT2D eigenvalue weighted by Crippen LogP contribution is -1.73. The average molecular weight is 180 g/mol. The molecule has 0 radical (unpaired) electrons. The maximum atomic E-state index is 2.31. The second-order valence-corrected chi connectivity index (χ2v) is 3.84. The van der Waals surface area contributed by atoms with Crippen LogP contribution in [0.25, 0.3) is 0 Å². The molecule has 0 heterocycles. The van der Waals surface area contributed by atoms with E-state index in [-0.39, 0.29) is 0 Å². The van der Waals surface area contributed by atoms with Crippen molar-refractivity contribution in [3.05, 3.63) is 23.8 Å². The van der Waals surface area contributed by atoms with Crippen molar-refractivity contribution >= 4 is 0 Å². The third kappa shape index (κ3) is 11.5. The second kappa shape index (κ2) is 9.57. The van der Waals surface area contributed by atoms with E-state index in [0.717, 1.165) is 6.42 Å². The van der Waals surface area contributed by atoms with Gasteiger partial charge in [0, 0.05) is 0 Å². The minimum absolute atomic E-state index is 1.11. The van der Waals surface area contributed by atoms with Gasteiger partial charge in [0.25, 0.3) is 0 Å². The molecule has 0 fully saturated rings. The van der Waals surface area contributed by atoms with E-state index in [1.165, 1.54) is 37.7 Å². The topological polar surface area (TPSA) is 0 Å². The lowest BCUT2D eigenvalue weighted by atomic mass is 10.1. The Labute approximate surface area is 83.7 Å². The normalized spacial score (nSPS) is 10.7. The Kier molecular flexibility index (Phi) is 9.18. The molecule has 13 heavy (non-hydrogen) atoms. The molecule has 0 unspecified atom stereocenters. The van der Waals surface area contributed by atoms with Gasteiger partial charge in [0.05, 0.1) is 0 Å². The number of unbranched alkanes of at least 4 members (excludes halogenated alkanes) is 4. The summed E-state index contributed by atoms with van der Waals surface area (Å²) in [6, 6.07) is 0. The van der Waals surface area contributed by atoms with Crippen molar-refractivity contribution in [1.29, 1.82) is 0 Å². The SMILES string of the molecule is CCCCCCC=CCC=C(C)C. The minimum atomic E-state index is 1.11. The van der Waals surface area contributed by atoms with Crippen LogP contribution in [0.2, 0.25) is 0 Å². The molecule has 0 nitrogen and oxygen atoms in total. The Morgan fingerprint density at radius 1 is 1.00 bits per heavy atom. The van der Waals surface area contributed by atoms with E-state index >= 15 is 0 Å². The summed E-state index contributed by atoms with van der Waals surface area (Å²) in [5.41, 5.74) is 1.41. The molecule has 76 valence electrons. The lowest BCUT2D eigenvalue weighted by molar-refractivity contribution is 0.674. The summed E-state index contributed by atoms with van der Waals surface area (Å²) in [7, 11) is 0. The minimum Gasteiger partial charge on any atom is -0.0882 e. The number of rotatable bonds is 7. The van der Waals surface area contributed by atoms with Crippen molar-refractivity contribution in [2.24, 2.45) is 0 Å². The molecule has 0 aliphatic carbocycles. The average Bonchev–Trinajstić information content (AvgIpc) is 2.09. The fraction of sp³-hybridized carbons (Fsp3) is 0.692. The molecular formula is C13H24. The molecule has 0 bridgehead atoms. The molecule has 0 aromatic carbocycles. The molecule has 0 rings (SSSR count). The maximum Gasteiger partial charge on any atom is -0.0167 e. The highest BCUT2D eigenvalue weighted by molar-refractivity contribution is 4.98. The monoisotopic (exact) mass is 180 g/mol. The van der Waals surface area contributed by atoms with Crippen LogP contribution < -0.4 is 0 Å². The molecular weight excluding hydrogens is 156 g/mol. The standard InChI is InChI=1S/C13H24/c1-4-5-6-7-8-9-10-11-12-13(2)3/h9-10,12H,4-8,11H2,1-3H3. The molecule has 0 atom stereocenters. The highest BCUT2D eigenvalue weighted by Crippen LogP contribution is 2.03. The Morgan fingerprint density at radius 3 is 2.38 bits per heavy atom. The summed E-state index contributed by atoms with van der Waals surface area (Å²) in [4.78, 5) is 0. The molecule has 0 aromatic rings. The van der Waals surface area contributed by atoms with E-state index in [2.05, 4.69) is 39.0 Å². The van der Waals surface area contributed by atoms with Crippen LogP contribution in [0.3, 0.4) is 0 Å². The Morgan fingerprint density at radius 2 is 1.77 bits per heavy atom. The van der Waals surface area contributed by atoms with Crippen molar-refractivity contribution in [3.63, 3.8) is 0 Å². The van der Waals surface area contributed by atoms with E-state index in [1.54, 1.807) is 0 Å². The Balaban J connectivity index is 3.17. The first-order valence-electron chi connectivity index (χ1n) is 5.55. The molecule has 0 aromatic heterocycles. The molecule has 0 saturated carbocycles. The smallest absolute Gasteiger partial charge is 0.0167 e. The summed E-state index contributed by atoms with van der Waals surface area (Å²) in [6.07, 6.45) is 14.7. The van der Waals surface area contributed by atoms with Gasteiger partial charge < -0.3 is 0 Å². The predicted molar refractivity (Wildman–Crippen MR) is 61.9 cm³/mol. The van der Waals surface area contributed by atoms with Crippen LogP contribution in [0.4, 0.5) is 0 Å². The fourth-order valence-electron chi connectivity index (χ4n) is 1.21. The van der Waals surface area contributed by atoms with Gasteiger partial charge in [-0.15, -0.1) is 0 Å². The van der Waals surface area contributed by atoms with Crippen molar-refractivity contribution in [3.8, 4) is 0 Å². The first-order chi connectivity index (χ1) is 6.27. The summed E-state index contributed by atoms with van der Waals surface area (Å²) >= 11 is 0. The number of hydrogen-bond acceptors (Lipinski definition) is 0. The van der Waals surface area contributed by atoms with Crippen LogP contribution in [0.5, 0.6) is 0 Å². The third-order valence-electron chi connectivity index (χ3n) is 2.05. The van der Waals surface area contributed by atoms with E-state index in [9.17, 15) is 0 Å². The van der Waals surface area contributed by atoms with E-state index < -0.39 is 0 Å². The maximum absolute atomic E-state index is 2.31. The Hall–Kier alpha value is -0.520. The largest absolute Gasteiger partial charge is 0.0882 e. The predicted octanol–water partition coefficient (Wildman–Crippen LogP) is 4.87.